The Morgan fingerprint density at radius 2 is 1.92 bits per heavy atom. The molecule has 1 unspecified atom stereocenters. The van der Waals surface area contributed by atoms with E-state index in [-0.39, 0.29) is 31.3 Å². The number of nitrogens with one attached hydrogen (secondary N) is 2. The lowest BCUT2D eigenvalue weighted by Crippen LogP contribution is -2.48. The molecule has 0 spiro atoms. The second-order valence-electron chi connectivity index (χ2n) is 6.61. The van der Waals surface area contributed by atoms with Crippen molar-refractivity contribution in [2.75, 3.05) is 25.4 Å². The molecule has 1 aliphatic carbocycles. The van der Waals surface area contributed by atoms with Crippen molar-refractivity contribution in [3.63, 3.8) is 0 Å². The van der Waals surface area contributed by atoms with Gasteiger partial charge in [-0.2, -0.15) is 0 Å². The summed E-state index contributed by atoms with van der Waals surface area (Å²) in [6, 6.07) is -0.781. The predicted octanol–water partition coefficient (Wildman–Crippen LogP) is -0.222. The molecule has 0 bridgehead atoms. The Balaban J connectivity index is 2.33. The molecule has 2 amide bonds. The van der Waals surface area contributed by atoms with Crippen LogP contribution >= 0.6 is 7.37 Å². The summed E-state index contributed by atoms with van der Waals surface area (Å²) in [5.74, 6) is -0.677. The summed E-state index contributed by atoms with van der Waals surface area (Å²) in [6.45, 7) is 1.15. The van der Waals surface area contributed by atoms with E-state index in [1.165, 1.54) is 13.3 Å². The van der Waals surface area contributed by atoms with Gasteiger partial charge in [-0.1, -0.05) is 19.3 Å². The number of amides is 2. The number of aliphatic hydroxyl groups is 1. The largest absolute Gasteiger partial charge is 0.391 e. The van der Waals surface area contributed by atoms with Crippen LogP contribution in [-0.4, -0.2) is 59.4 Å². The molecule has 1 rings (SSSR count). The fourth-order valence-corrected chi connectivity index (χ4v) is 5.09. The van der Waals surface area contributed by atoms with Gasteiger partial charge in [0.2, 0.25) is 19.2 Å². The minimum absolute atomic E-state index is 0.128. The molecule has 1 fully saturated rings. The molecule has 0 aliphatic heterocycles. The first kappa shape index (κ1) is 21.1. The van der Waals surface area contributed by atoms with Gasteiger partial charge in [0, 0.05) is 12.7 Å². The molecule has 0 saturated heterocycles. The molecule has 6 N–H and O–H groups in total. The van der Waals surface area contributed by atoms with E-state index in [0.717, 1.165) is 25.7 Å². The van der Waals surface area contributed by atoms with E-state index in [2.05, 4.69) is 10.6 Å². The van der Waals surface area contributed by atoms with Crippen LogP contribution in [0.4, 0.5) is 0 Å². The van der Waals surface area contributed by atoms with Gasteiger partial charge >= 0.3 is 0 Å². The molecule has 140 valence electrons. The average Bonchev–Trinajstić information content (AvgIpc) is 2.52. The molecule has 0 radical (unpaired) electrons. The third-order valence-corrected chi connectivity index (χ3v) is 6.31. The molecule has 0 heterocycles. The van der Waals surface area contributed by atoms with E-state index >= 15 is 0 Å². The molecule has 8 nitrogen and oxygen atoms in total. The zero-order chi connectivity index (χ0) is 18.2. The average molecular weight is 363 g/mol. The minimum atomic E-state index is -3.42. The molecule has 1 saturated carbocycles. The Kier molecular flexibility index (Phi) is 8.91. The van der Waals surface area contributed by atoms with Crippen molar-refractivity contribution < 1.29 is 24.2 Å². The maximum atomic E-state index is 12.3. The third-order valence-electron chi connectivity index (χ3n) is 4.23. The van der Waals surface area contributed by atoms with Crippen molar-refractivity contribution in [1.29, 1.82) is 0 Å². The zero-order valence-corrected chi connectivity index (χ0v) is 15.1. The second-order valence-corrected chi connectivity index (χ2v) is 9.03. The Bertz CT molecular complexity index is 468. The molecule has 0 aromatic rings. The highest BCUT2D eigenvalue weighted by Crippen LogP contribution is 2.45. The summed E-state index contributed by atoms with van der Waals surface area (Å²) in [7, 11) is -3.42. The van der Waals surface area contributed by atoms with Crippen LogP contribution in [0.5, 0.6) is 0 Å². The first-order valence-electron chi connectivity index (χ1n) is 8.49. The van der Waals surface area contributed by atoms with Crippen LogP contribution in [0.3, 0.4) is 0 Å². The van der Waals surface area contributed by atoms with Gasteiger partial charge in [0.15, 0.2) is 0 Å². The van der Waals surface area contributed by atoms with Gasteiger partial charge in [0.05, 0.1) is 18.8 Å². The molecule has 1 aliphatic rings. The maximum Gasteiger partial charge on any atom is 0.242 e. The number of rotatable bonds is 9. The van der Waals surface area contributed by atoms with E-state index in [1.807, 2.05) is 0 Å². The number of hydrogen-bond acceptors (Lipinski definition) is 5. The van der Waals surface area contributed by atoms with Crippen LogP contribution < -0.4 is 16.4 Å². The molecule has 0 aromatic heterocycles. The van der Waals surface area contributed by atoms with Crippen LogP contribution in [-0.2, 0) is 14.2 Å². The van der Waals surface area contributed by atoms with E-state index in [9.17, 15) is 24.2 Å². The molecule has 24 heavy (non-hydrogen) atoms. The van der Waals surface area contributed by atoms with Crippen molar-refractivity contribution in [1.82, 2.24) is 10.6 Å². The smallest absolute Gasteiger partial charge is 0.242 e. The van der Waals surface area contributed by atoms with Crippen LogP contribution in [0.2, 0.25) is 0 Å². The van der Waals surface area contributed by atoms with E-state index in [0.29, 0.717) is 0 Å². The van der Waals surface area contributed by atoms with Crippen LogP contribution in [0.15, 0.2) is 0 Å². The second kappa shape index (κ2) is 10.1. The van der Waals surface area contributed by atoms with Crippen molar-refractivity contribution in [3.8, 4) is 0 Å². The number of nitrogens with two attached hydrogens (primary N) is 1. The fourth-order valence-electron chi connectivity index (χ4n) is 2.98. The van der Waals surface area contributed by atoms with Crippen LogP contribution in [0.1, 0.15) is 39.0 Å². The van der Waals surface area contributed by atoms with Gasteiger partial charge in [0.25, 0.3) is 0 Å². The molecule has 0 aromatic carbocycles. The Morgan fingerprint density at radius 3 is 2.50 bits per heavy atom. The molecular weight excluding hydrogens is 333 g/mol. The van der Waals surface area contributed by atoms with Gasteiger partial charge in [-0.25, -0.2) is 0 Å². The fraction of sp³-hybridized carbons (Fsp3) is 0.867. The first-order valence-corrected chi connectivity index (χ1v) is 10.5. The summed E-state index contributed by atoms with van der Waals surface area (Å²) in [6.07, 6.45) is 4.22. The molecule has 9 heteroatoms. The Morgan fingerprint density at radius 1 is 1.29 bits per heavy atom. The van der Waals surface area contributed by atoms with E-state index in [1.54, 1.807) is 0 Å². The van der Waals surface area contributed by atoms with Gasteiger partial charge in [-0.3, -0.25) is 14.2 Å². The van der Waals surface area contributed by atoms with Gasteiger partial charge in [-0.05, 0) is 25.7 Å². The van der Waals surface area contributed by atoms with Gasteiger partial charge < -0.3 is 26.4 Å². The van der Waals surface area contributed by atoms with Gasteiger partial charge in [-0.15, -0.1) is 0 Å². The molecule has 3 atom stereocenters. The number of carbonyl (C=O) groups is 2. The summed E-state index contributed by atoms with van der Waals surface area (Å²) in [5.41, 5.74) is 5.15. The number of hydrogen-bond donors (Lipinski definition) is 5. The monoisotopic (exact) mass is 363 g/mol. The van der Waals surface area contributed by atoms with Crippen molar-refractivity contribution in [3.05, 3.63) is 0 Å². The lowest BCUT2D eigenvalue weighted by molar-refractivity contribution is -0.128. The minimum Gasteiger partial charge on any atom is -0.391 e. The maximum absolute atomic E-state index is 12.3. The van der Waals surface area contributed by atoms with Crippen molar-refractivity contribution in [2.24, 2.45) is 11.7 Å². The highest BCUT2D eigenvalue weighted by Gasteiger charge is 2.28. The normalized spacial score (nSPS) is 20.7. The summed E-state index contributed by atoms with van der Waals surface area (Å²) >= 11 is 0. The van der Waals surface area contributed by atoms with Crippen LogP contribution in [0, 0.1) is 5.92 Å². The SMILES string of the molecule is C[C@H](NC(=O)CN)C(=O)NC[C@@H](O)CP(=O)(O)CC1CCCCC1. The quantitative estimate of drug-likeness (QED) is 0.359. The first-order chi connectivity index (χ1) is 11.2. The summed E-state index contributed by atoms with van der Waals surface area (Å²) in [4.78, 5) is 33.0. The van der Waals surface area contributed by atoms with E-state index in [4.69, 9.17) is 5.73 Å². The lowest BCUT2D eigenvalue weighted by atomic mass is 9.91. The van der Waals surface area contributed by atoms with Crippen molar-refractivity contribution >= 4 is 19.2 Å². The predicted molar refractivity (Wildman–Crippen MR) is 91.8 cm³/mol. The summed E-state index contributed by atoms with van der Waals surface area (Å²) in [5, 5.41) is 14.8. The highest BCUT2D eigenvalue weighted by atomic mass is 31.2. The van der Waals surface area contributed by atoms with Crippen LogP contribution in [0.25, 0.3) is 0 Å². The summed E-state index contributed by atoms with van der Waals surface area (Å²) < 4.78 is 12.3. The number of aliphatic hydroxyl groups excluding tert-OH is 1. The zero-order valence-electron chi connectivity index (χ0n) is 14.2. The third kappa shape index (κ3) is 8.24. The highest BCUT2D eigenvalue weighted by molar-refractivity contribution is 7.58. The topological polar surface area (TPSA) is 142 Å². The Hall–Kier alpha value is -0.950. The lowest BCUT2D eigenvalue weighted by Gasteiger charge is -2.25. The van der Waals surface area contributed by atoms with Gasteiger partial charge in [0.1, 0.15) is 6.04 Å². The number of carbonyl (C=O) groups excluding carboxylic acids is 2. The Labute approximate surface area is 143 Å². The van der Waals surface area contributed by atoms with E-state index < -0.39 is 31.3 Å². The standard InChI is InChI=1S/C15H30N3O5P/c1-11(18-14(20)7-16)15(21)17-8-13(19)10-24(22,23)9-12-5-3-2-4-6-12/h11-13,19H,2-10,16H2,1H3,(H,17,21)(H,18,20)(H,22,23)/t11-,13+/m0/s1. The van der Waals surface area contributed by atoms with Crippen molar-refractivity contribution in [2.45, 2.75) is 51.2 Å². The molecular formula is C15H30N3O5P.